The van der Waals surface area contributed by atoms with Gasteiger partial charge in [0, 0.05) is 0 Å². The second kappa shape index (κ2) is 4.74. The van der Waals surface area contributed by atoms with Gasteiger partial charge in [0.1, 0.15) is 6.10 Å². The van der Waals surface area contributed by atoms with Crippen molar-refractivity contribution in [2.75, 3.05) is 6.26 Å². The van der Waals surface area contributed by atoms with E-state index in [0.717, 1.165) is 5.92 Å². The van der Waals surface area contributed by atoms with Crippen molar-refractivity contribution in [2.45, 2.75) is 52.6 Å². The van der Waals surface area contributed by atoms with E-state index < -0.39 is 0 Å². The lowest BCUT2D eigenvalue weighted by atomic mass is 9.68. The van der Waals surface area contributed by atoms with Crippen molar-refractivity contribution in [1.82, 2.24) is 0 Å². The van der Waals surface area contributed by atoms with Crippen LogP contribution in [-0.2, 0) is 4.74 Å². The maximum absolute atomic E-state index is 6.08. The Morgan fingerprint density at radius 3 is 2.80 bits per heavy atom. The summed E-state index contributed by atoms with van der Waals surface area (Å²) in [6, 6.07) is 0. The van der Waals surface area contributed by atoms with E-state index in [1.54, 1.807) is 11.8 Å². The van der Waals surface area contributed by atoms with Crippen LogP contribution in [0, 0.1) is 28.6 Å². The van der Waals surface area contributed by atoms with Crippen molar-refractivity contribution in [3.63, 3.8) is 0 Å². The zero-order valence-corrected chi connectivity index (χ0v) is 14.7. The van der Waals surface area contributed by atoms with Crippen LogP contribution in [0.25, 0.3) is 0 Å². The average molecular weight is 311 g/mol. The van der Waals surface area contributed by atoms with Gasteiger partial charge in [-0.2, -0.15) is 0 Å². The fraction of sp³-hybridized carbons (Fsp3) is 0.824. The highest BCUT2D eigenvalue weighted by molar-refractivity contribution is 8.22. The predicted octanol–water partition coefficient (Wildman–Crippen LogP) is 5.06. The van der Waals surface area contributed by atoms with Crippen molar-refractivity contribution < 1.29 is 4.74 Å². The summed E-state index contributed by atoms with van der Waals surface area (Å²) in [4.78, 5) is 0. The summed E-state index contributed by atoms with van der Waals surface area (Å²) < 4.78 is 6.79. The Morgan fingerprint density at radius 2 is 2.15 bits per heavy atom. The number of rotatable bonds is 1. The second-order valence-electron chi connectivity index (χ2n) is 7.90. The van der Waals surface area contributed by atoms with Gasteiger partial charge in [-0.05, 0) is 72.7 Å². The molecule has 0 amide bonds. The van der Waals surface area contributed by atoms with E-state index in [1.165, 1.54) is 31.3 Å². The van der Waals surface area contributed by atoms with Crippen LogP contribution >= 0.6 is 24.0 Å². The molecule has 0 aromatic rings. The largest absolute Gasteiger partial charge is 0.475 e. The fourth-order valence-electron chi connectivity index (χ4n) is 5.67. The number of hydrogen-bond acceptors (Lipinski definition) is 3. The number of thioether (sulfide) groups is 1. The van der Waals surface area contributed by atoms with Gasteiger partial charge in [0.2, 0.25) is 4.38 Å². The van der Waals surface area contributed by atoms with Crippen LogP contribution in [0.2, 0.25) is 0 Å². The lowest BCUT2D eigenvalue weighted by Crippen LogP contribution is -2.34. The molecule has 0 bridgehead atoms. The summed E-state index contributed by atoms with van der Waals surface area (Å²) in [6.45, 7) is 11.7. The summed E-state index contributed by atoms with van der Waals surface area (Å²) >= 11 is 6.84. The van der Waals surface area contributed by atoms with Crippen molar-refractivity contribution in [1.29, 1.82) is 0 Å². The third kappa shape index (κ3) is 1.99. The summed E-state index contributed by atoms with van der Waals surface area (Å²) in [5.74, 6) is 2.09. The van der Waals surface area contributed by atoms with E-state index in [0.29, 0.717) is 33.2 Å². The number of thiocarbonyl (C=S) groups is 1. The topological polar surface area (TPSA) is 9.23 Å². The molecule has 0 aromatic carbocycles. The molecule has 3 aliphatic rings. The Bertz CT molecular complexity index is 456. The van der Waals surface area contributed by atoms with Crippen LogP contribution in [0.5, 0.6) is 0 Å². The van der Waals surface area contributed by atoms with Crippen molar-refractivity contribution in [2.24, 2.45) is 28.6 Å². The van der Waals surface area contributed by atoms with Gasteiger partial charge in [-0.1, -0.05) is 44.7 Å². The van der Waals surface area contributed by atoms with Crippen LogP contribution < -0.4 is 0 Å². The molecule has 5 atom stereocenters. The molecule has 0 aromatic heterocycles. The van der Waals surface area contributed by atoms with E-state index in [2.05, 4.69) is 27.4 Å². The summed E-state index contributed by atoms with van der Waals surface area (Å²) in [7, 11) is 0. The van der Waals surface area contributed by atoms with Gasteiger partial charge >= 0.3 is 0 Å². The van der Waals surface area contributed by atoms with E-state index >= 15 is 0 Å². The molecule has 3 rings (SSSR count). The molecule has 0 unspecified atom stereocenters. The maximum Gasteiger partial charge on any atom is 0.219 e. The molecule has 1 spiro atoms. The monoisotopic (exact) mass is 310 g/mol. The molecule has 112 valence electrons. The van der Waals surface area contributed by atoms with E-state index in [4.69, 9.17) is 17.0 Å². The van der Waals surface area contributed by atoms with Gasteiger partial charge in [-0.25, -0.2) is 0 Å². The lowest BCUT2D eigenvalue weighted by Gasteiger charge is -2.36. The first kappa shape index (κ1) is 14.9. The van der Waals surface area contributed by atoms with Gasteiger partial charge in [0.15, 0.2) is 0 Å². The Kier molecular flexibility index (Phi) is 3.53. The highest BCUT2D eigenvalue weighted by Gasteiger charge is 2.66. The predicted molar refractivity (Wildman–Crippen MR) is 91.0 cm³/mol. The van der Waals surface area contributed by atoms with E-state index in [9.17, 15) is 0 Å². The molecule has 3 heteroatoms. The molecule has 0 heterocycles. The minimum absolute atomic E-state index is 0.324. The minimum Gasteiger partial charge on any atom is -0.475 e. The van der Waals surface area contributed by atoms with Gasteiger partial charge in [-0.15, -0.1) is 0 Å². The molecule has 3 aliphatic carbocycles. The molecular weight excluding hydrogens is 284 g/mol. The molecule has 0 N–H and O–H groups in total. The SMILES string of the molecule is C=C1C[C@@H]2C[C@H](OC(=S)SC)[C@H](C)[C@@]23CC(C)(C)C[C@@H]13. The highest BCUT2D eigenvalue weighted by Crippen LogP contribution is 2.72. The van der Waals surface area contributed by atoms with Crippen LogP contribution in [-0.4, -0.2) is 16.7 Å². The van der Waals surface area contributed by atoms with Crippen LogP contribution in [0.15, 0.2) is 12.2 Å². The Balaban J connectivity index is 1.89. The Hall–Kier alpha value is -0.0200. The Labute approximate surface area is 132 Å². The Morgan fingerprint density at radius 1 is 1.45 bits per heavy atom. The zero-order chi connectivity index (χ0) is 14.7. The maximum atomic E-state index is 6.08. The summed E-state index contributed by atoms with van der Waals surface area (Å²) in [5, 5.41) is 0. The average Bonchev–Trinajstić information content (AvgIpc) is 2.88. The van der Waals surface area contributed by atoms with Crippen molar-refractivity contribution in [3.8, 4) is 0 Å². The fourth-order valence-corrected chi connectivity index (χ4v) is 6.02. The first-order valence-corrected chi connectivity index (χ1v) is 9.36. The molecule has 0 aliphatic heterocycles. The first-order valence-electron chi connectivity index (χ1n) is 7.72. The molecule has 0 radical (unpaired) electrons. The van der Waals surface area contributed by atoms with Gasteiger partial charge in [-0.3, -0.25) is 0 Å². The third-order valence-electron chi connectivity index (χ3n) is 6.29. The smallest absolute Gasteiger partial charge is 0.219 e. The van der Waals surface area contributed by atoms with Gasteiger partial charge in [0.25, 0.3) is 0 Å². The molecule has 0 saturated heterocycles. The minimum atomic E-state index is 0.324. The molecular formula is C17H26OS2. The van der Waals surface area contributed by atoms with Crippen molar-refractivity contribution in [3.05, 3.63) is 12.2 Å². The van der Waals surface area contributed by atoms with Crippen molar-refractivity contribution >= 4 is 28.4 Å². The quantitative estimate of drug-likeness (QED) is 0.495. The van der Waals surface area contributed by atoms with Crippen LogP contribution in [0.4, 0.5) is 0 Å². The summed E-state index contributed by atoms with van der Waals surface area (Å²) in [6.07, 6.45) is 7.37. The molecule has 20 heavy (non-hydrogen) atoms. The third-order valence-corrected chi connectivity index (χ3v) is 7.31. The standard InChI is InChI=1S/C17H26OS2/c1-10-6-12-7-14(18-15(19)20-5)11(2)17(12)9-16(3,4)8-13(10)17/h11-14H,1,6-9H2,2-5H3/t11-,12+,13-,14-,17-/m0/s1. The first-order chi connectivity index (χ1) is 9.30. The molecule has 3 fully saturated rings. The lowest BCUT2D eigenvalue weighted by molar-refractivity contribution is 0.0785. The van der Waals surface area contributed by atoms with Crippen LogP contribution in [0.1, 0.15) is 46.5 Å². The molecule has 3 saturated carbocycles. The second-order valence-corrected chi connectivity index (χ2v) is 9.31. The van der Waals surface area contributed by atoms with E-state index in [1.807, 2.05) is 6.26 Å². The summed E-state index contributed by atoms with van der Waals surface area (Å²) in [5.41, 5.74) is 2.41. The number of hydrogen-bond donors (Lipinski definition) is 0. The number of ether oxygens (including phenoxy) is 1. The number of allylic oxidation sites excluding steroid dienone is 1. The van der Waals surface area contributed by atoms with Gasteiger partial charge in [0.05, 0.1) is 0 Å². The van der Waals surface area contributed by atoms with Gasteiger partial charge < -0.3 is 4.74 Å². The molecule has 1 nitrogen and oxygen atoms in total. The van der Waals surface area contributed by atoms with E-state index in [-0.39, 0.29) is 0 Å². The highest BCUT2D eigenvalue weighted by atomic mass is 32.2. The van der Waals surface area contributed by atoms with Crippen LogP contribution in [0.3, 0.4) is 0 Å². The zero-order valence-electron chi connectivity index (χ0n) is 13.1. The normalized spacial score (nSPS) is 45.3.